The molecule has 7 heteroatoms. The fourth-order valence-electron chi connectivity index (χ4n) is 1.71. The number of carbonyl (C=O) groups excluding carboxylic acids is 1. The number of halogens is 2. The van der Waals surface area contributed by atoms with Gasteiger partial charge in [-0.3, -0.25) is 0 Å². The van der Waals surface area contributed by atoms with E-state index in [0.717, 1.165) is 11.4 Å². The summed E-state index contributed by atoms with van der Waals surface area (Å²) in [5.41, 5.74) is 0.637. The Morgan fingerprint density at radius 3 is 2.73 bits per heavy atom. The van der Waals surface area contributed by atoms with Crippen LogP contribution in [0.25, 0.3) is 0 Å². The first kappa shape index (κ1) is 16.5. The smallest absolute Gasteiger partial charge is 0.487 e. The SMILES string of the molecule is COC(=O)Oc1cccc(P)c1COc1ccc(F)cc1Cl. The average molecular weight is 343 g/mol. The number of methoxy groups -OCH3 is 1. The van der Waals surface area contributed by atoms with Crippen LogP contribution >= 0.6 is 20.8 Å². The quantitative estimate of drug-likeness (QED) is 0.483. The summed E-state index contributed by atoms with van der Waals surface area (Å²) in [7, 11) is 3.75. The van der Waals surface area contributed by atoms with Crippen LogP contribution in [0.1, 0.15) is 5.56 Å². The van der Waals surface area contributed by atoms with Crippen molar-refractivity contribution < 1.29 is 23.4 Å². The van der Waals surface area contributed by atoms with Gasteiger partial charge in [-0.2, -0.15) is 0 Å². The first-order valence-electron chi connectivity index (χ1n) is 6.22. The summed E-state index contributed by atoms with van der Waals surface area (Å²) in [4.78, 5) is 11.3. The van der Waals surface area contributed by atoms with Crippen molar-refractivity contribution in [2.45, 2.75) is 6.61 Å². The number of carbonyl (C=O) groups is 1. The lowest BCUT2D eigenvalue weighted by molar-refractivity contribution is 0.120. The molecule has 2 rings (SSSR count). The second-order valence-electron chi connectivity index (χ2n) is 4.24. The Morgan fingerprint density at radius 2 is 2.05 bits per heavy atom. The number of ether oxygens (including phenoxy) is 3. The number of hydrogen-bond donors (Lipinski definition) is 0. The van der Waals surface area contributed by atoms with Gasteiger partial charge in [0.05, 0.1) is 12.1 Å². The molecule has 0 fully saturated rings. The first-order chi connectivity index (χ1) is 10.5. The molecule has 2 aromatic carbocycles. The molecule has 0 aliphatic rings. The van der Waals surface area contributed by atoms with E-state index in [-0.39, 0.29) is 11.6 Å². The molecule has 0 saturated carbocycles. The Kier molecular flexibility index (Phi) is 5.58. The normalized spacial score (nSPS) is 10.2. The highest BCUT2D eigenvalue weighted by atomic mass is 35.5. The van der Waals surface area contributed by atoms with E-state index in [1.165, 1.54) is 19.2 Å². The van der Waals surface area contributed by atoms with Gasteiger partial charge in [0.15, 0.2) is 0 Å². The van der Waals surface area contributed by atoms with Crippen molar-refractivity contribution >= 4 is 32.3 Å². The zero-order chi connectivity index (χ0) is 16.1. The van der Waals surface area contributed by atoms with E-state index in [9.17, 15) is 9.18 Å². The Bertz CT molecular complexity index is 693. The maximum Gasteiger partial charge on any atom is 0.513 e. The molecule has 0 radical (unpaired) electrons. The molecule has 0 aromatic heterocycles. The monoisotopic (exact) mass is 342 g/mol. The molecule has 116 valence electrons. The summed E-state index contributed by atoms with van der Waals surface area (Å²) in [6, 6.07) is 9.02. The third-order valence-electron chi connectivity index (χ3n) is 2.80. The minimum atomic E-state index is -0.823. The zero-order valence-electron chi connectivity index (χ0n) is 11.6. The third kappa shape index (κ3) is 4.09. The van der Waals surface area contributed by atoms with Gasteiger partial charge in [-0.1, -0.05) is 23.7 Å². The van der Waals surface area contributed by atoms with Crippen LogP contribution in [0.3, 0.4) is 0 Å². The largest absolute Gasteiger partial charge is 0.513 e. The van der Waals surface area contributed by atoms with Crippen LogP contribution in [0.2, 0.25) is 5.02 Å². The molecule has 0 spiro atoms. The predicted molar refractivity (Wildman–Crippen MR) is 84.6 cm³/mol. The lowest BCUT2D eigenvalue weighted by Crippen LogP contribution is -2.14. The summed E-state index contributed by atoms with van der Waals surface area (Å²) in [6.07, 6.45) is -0.823. The molecular formula is C15H13ClFO4P. The fourth-order valence-corrected chi connectivity index (χ4v) is 2.26. The minimum Gasteiger partial charge on any atom is -0.487 e. The standard InChI is InChI=1S/C15H13ClFO4P/c1-19-15(18)21-12-3-2-4-14(22)10(12)8-20-13-6-5-9(17)7-11(13)16/h2-7H,8,22H2,1H3. The van der Waals surface area contributed by atoms with Gasteiger partial charge in [-0.25, -0.2) is 9.18 Å². The molecule has 0 aliphatic carbocycles. The van der Waals surface area contributed by atoms with Gasteiger partial charge in [-0.05, 0) is 29.6 Å². The van der Waals surface area contributed by atoms with E-state index in [2.05, 4.69) is 14.0 Å². The van der Waals surface area contributed by atoms with Crippen LogP contribution in [0.5, 0.6) is 11.5 Å². The van der Waals surface area contributed by atoms with Crippen molar-refractivity contribution in [1.82, 2.24) is 0 Å². The van der Waals surface area contributed by atoms with Gasteiger partial charge in [0, 0.05) is 5.56 Å². The van der Waals surface area contributed by atoms with E-state index in [1.54, 1.807) is 12.1 Å². The van der Waals surface area contributed by atoms with E-state index < -0.39 is 12.0 Å². The molecular weight excluding hydrogens is 330 g/mol. The predicted octanol–water partition coefficient (Wildman–Crippen LogP) is 3.70. The molecule has 1 unspecified atom stereocenters. The van der Waals surface area contributed by atoms with Crippen LogP contribution in [0, 0.1) is 5.82 Å². The topological polar surface area (TPSA) is 44.8 Å². The zero-order valence-corrected chi connectivity index (χ0v) is 13.5. The Morgan fingerprint density at radius 1 is 1.27 bits per heavy atom. The molecule has 22 heavy (non-hydrogen) atoms. The summed E-state index contributed by atoms with van der Waals surface area (Å²) in [5, 5.41) is 0.955. The molecule has 4 nitrogen and oxygen atoms in total. The molecule has 0 N–H and O–H groups in total. The number of hydrogen-bond acceptors (Lipinski definition) is 4. The van der Waals surface area contributed by atoms with E-state index in [4.69, 9.17) is 21.1 Å². The molecule has 0 heterocycles. The van der Waals surface area contributed by atoms with Crippen molar-refractivity contribution in [3.8, 4) is 11.5 Å². The van der Waals surface area contributed by atoms with Gasteiger partial charge in [0.1, 0.15) is 23.9 Å². The van der Waals surface area contributed by atoms with Gasteiger partial charge in [0.25, 0.3) is 0 Å². The molecule has 0 amide bonds. The maximum absolute atomic E-state index is 13.0. The first-order valence-corrected chi connectivity index (χ1v) is 7.18. The minimum absolute atomic E-state index is 0.0946. The number of rotatable bonds is 4. The maximum atomic E-state index is 13.0. The molecule has 0 aliphatic heterocycles. The van der Waals surface area contributed by atoms with Crippen molar-refractivity contribution in [2.75, 3.05) is 7.11 Å². The van der Waals surface area contributed by atoms with Gasteiger partial charge in [0.2, 0.25) is 0 Å². The van der Waals surface area contributed by atoms with Gasteiger partial charge in [-0.15, -0.1) is 9.24 Å². The molecule has 0 bridgehead atoms. The summed E-state index contributed by atoms with van der Waals surface area (Å²) >= 11 is 5.91. The second kappa shape index (κ2) is 7.43. The van der Waals surface area contributed by atoms with Crippen molar-refractivity contribution in [2.24, 2.45) is 0 Å². The second-order valence-corrected chi connectivity index (χ2v) is 5.27. The highest BCUT2D eigenvalue weighted by Crippen LogP contribution is 2.27. The van der Waals surface area contributed by atoms with E-state index >= 15 is 0 Å². The van der Waals surface area contributed by atoms with Crippen molar-refractivity contribution in [3.05, 3.63) is 52.8 Å². The molecule has 1 atom stereocenters. The van der Waals surface area contributed by atoms with Gasteiger partial charge >= 0.3 is 6.16 Å². The van der Waals surface area contributed by atoms with Crippen LogP contribution in [-0.4, -0.2) is 13.3 Å². The van der Waals surface area contributed by atoms with Crippen LogP contribution < -0.4 is 14.8 Å². The third-order valence-corrected chi connectivity index (χ3v) is 3.63. The van der Waals surface area contributed by atoms with Crippen LogP contribution in [0.4, 0.5) is 9.18 Å². The summed E-state index contributed by atoms with van der Waals surface area (Å²) < 4.78 is 28.1. The lowest BCUT2D eigenvalue weighted by Gasteiger charge is -2.13. The van der Waals surface area contributed by atoms with Crippen LogP contribution in [0.15, 0.2) is 36.4 Å². The summed E-state index contributed by atoms with van der Waals surface area (Å²) in [6.45, 7) is 0.0946. The van der Waals surface area contributed by atoms with Crippen molar-refractivity contribution in [3.63, 3.8) is 0 Å². The van der Waals surface area contributed by atoms with E-state index in [1.807, 2.05) is 6.07 Å². The Hall–Kier alpha value is -1.84. The lowest BCUT2D eigenvalue weighted by atomic mass is 10.2. The molecule has 0 saturated heterocycles. The van der Waals surface area contributed by atoms with Gasteiger partial charge < -0.3 is 14.2 Å². The van der Waals surface area contributed by atoms with Crippen molar-refractivity contribution in [1.29, 1.82) is 0 Å². The van der Waals surface area contributed by atoms with Crippen LogP contribution in [-0.2, 0) is 11.3 Å². The average Bonchev–Trinajstić information content (AvgIpc) is 2.48. The highest BCUT2D eigenvalue weighted by Gasteiger charge is 2.13. The summed E-state index contributed by atoms with van der Waals surface area (Å²) in [5.74, 6) is 0.205. The molecule has 2 aromatic rings. The Labute approximate surface area is 134 Å². The van der Waals surface area contributed by atoms with E-state index in [0.29, 0.717) is 17.1 Å². The Balaban J connectivity index is 2.19. The highest BCUT2D eigenvalue weighted by molar-refractivity contribution is 7.27. The number of benzene rings is 2. The fraction of sp³-hybridized carbons (Fsp3) is 0.133.